The first-order valence-corrected chi connectivity index (χ1v) is 7.53. The number of hydrogen-bond acceptors (Lipinski definition) is 4. The Labute approximate surface area is 116 Å². The summed E-state index contributed by atoms with van der Waals surface area (Å²) < 4.78 is 0. The molecule has 0 saturated heterocycles. The van der Waals surface area contributed by atoms with Crippen molar-refractivity contribution in [2.24, 2.45) is 11.8 Å². The number of nitrogens with two attached hydrogens (primary N) is 1. The van der Waals surface area contributed by atoms with Gasteiger partial charge in [0.2, 0.25) is 0 Å². The molecule has 0 amide bonds. The van der Waals surface area contributed by atoms with E-state index in [1.165, 1.54) is 19.3 Å². The first kappa shape index (κ1) is 14.1. The van der Waals surface area contributed by atoms with Crippen molar-refractivity contribution in [2.45, 2.75) is 58.9 Å². The minimum Gasteiger partial charge on any atom is -0.383 e. The van der Waals surface area contributed by atoms with Crippen molar-refractivity contribution in [1.29, 1.82) is 0 Å². The van der Waals surface area contributed by atoms with Crippen LogP contribution in [-0.4, -0.2) is 16.0 Å². The largest absolute Gasteiger partial charge is 0.383 e. The fourth-order valence-electron chi connectivity index (χ4n) is 3.25. The molecule has 106 valence electrons. The third-order valence-corrected chi connectivity index (χ3v) is 4.55. The minimum atomic E-state index is 0.523. The zero-order chi connectivity index (χ0) is 13.8. The van der Waals surface area contributed by atoms with Gasteiger partial charge in [0.15, 0.2) is 0 Å². The molecule has 1 saturated carbocycles. The molecule has 1 heterocycles. The molecule has 1 aromatic heterocycles. The summed E-state index contributed by atoms with van der Waals surface area (Å²) in [7, 11) is 0. The molecule has 1 aromatic rings. The summed E-state index contributed by atoms with van der Waals surface area (Å²) in [6, 6.07) is 0.523. The molecule has 0 radical (unpaired) electrons. The standard InChI is InChI=1S/C15H26N4/c1-4-6-12-14(16)17-9-18-15(12)19-13-8-7-11(5-2)10(13)3/h9-11,13H,4-8H2,1-3H3,(H3,16,17,18,19). The smallest absolute Gasteiger partial charge is 0.134 e. The molecule has 3 unspecified atom stereocenters. The van der Waals surface area contributed by atoms with Gasteiger partial charge in [-0.15, -0.1) is 0 Å². The van der Waals surface area contributed by atoms with Crippen LogP contribution in [0.1, 0.15) is 52.0 Å². The van der Waals surface area contributed by atoms with Gasteiger partial charge in [-0.3, -0.25) is 0 Å². The van der Waals surface area contributed by atoms with Crippen molar-refractivity contribution in [2.75, 3.05) is 11.1 Å². The van der Waals surface area contributed by atoms with Gasteiger partial charge in [-0.1, -0.05) is 33.6 Å². The molecule has 0 aromatic carbocycles. The van der Waals surface area contributed by atoms with Gasteiger partial charge >= 0.3 is 0 Å². The van der Waals surface area contributed by atoms with Gasteiger partial charge in [0.1, 0.15) is 18.0 Å². The molecule has 1 fully saturated rings. The average molecular weight is 262 g/mol. The minimum absolute atomic E-state index is 0.523. The predicted molar refractivity (Wildman–Crippen MR) is 80.0 cm³/mol. The van der Waals surface area contributed by atoms with Crippen LogP contribution in [0.4, 0.5) is 11.6 Å². The summed E-state index contributed by atoms with van der Waals surface area (Å²) in [5, 5.41) is 3.62. The number of anilines is 2. The van der Waals surface area contributed by atoms with Gasteiger partial charge < -0.3 is 11.1 Å². The molecule has 4 heteroatoms. The van der Waals surface area contributed by atoms with E-state index in [1.54, 1.807) is 6.33 Å². The van der Waals surface area contributed by atoms with Gasteiger partial charge in [0.25, 0.3) is 0 Å². The number of nitrogens with one attached hydrogen (secondary N) is 1. The van der Waals surface area contributed by atoms with Crippen LogP contribution in [0.5, 0.6) is 0 Å². The molecule has 0 aliphatic heterocycles. The Hall–Kier alpha value is -1.32. The van der Waals surface area contributed by atoms with Gasteiger partial charge in [0.05, 0.1) is 0 Å². The van der Waals surface area contributed by atoms with Crippen molar-refractivity contribution < 1.29 is 0 Å². The monoisotopic (exact) mass is 262 g/mol. The summed E-state index contributed by atoms with van der Waals surface area (Å²) in [5.41, 5.74) is 7.06. The number of rotatable bonds is 5. The second-order valence-corrected chi connectivity index (χ2v) is 5.69. The van der Waals surface area contributed by atoms with Crippen LogP contribution < -0.4 is 11.1 Å². The lowest BCUT2D eigenvalue weighted by molar-refractivity contribution is 0.391. The van der Waals surface area contributed by atoms with Crippen molar-refractivity contribution in [3.05, 3.63) is 11.9 Å². The summed E-state index contributed by atoms with van der Waals surface area (Å²) in [5.74, 6) is 3.11. The van der Waals surface area contributed by atoms with Gasteiger partial charge in [-0.25, -0.2) is 9.97 Å². The van der Waals surface area contributed by atoms with Crippen LogP contribution >= 0.6 is 0 Å². The van der Waals surface area contributed by atoms with Crippen LogP contribution in [0.25, 0.3) is 0 Å². The lowest BCUT2D eigenvalue weighted by atomic mass is 9.93. The van der Waals surface area contributed by atoms with E-state index in [2.05, 4.69) is 36.1 Å². The van der Waals surface area contributed by atoms with Crippen LogP contribution in [0.2, 0.25) is 0 Å². The fraction of sp³-hybridized carbons (Fsp3) is 0.733. The SMILES string of the molecule is CCCc1c(N)ncnc1NC1CCC(CC)C1C. The maximum Gasteiger partial charge on any atom is 0.134 e. The summed E-state index contributed by atoms with van der Waals surface area (Å²) in [6.45, 7) is 6.79. The first-order chi connectivity index (χ1) is 9.17. The predicted octanol–water partition coefficient (Wildman–Crippen LogP) is 3.25. The van der Waals surface area contributed by atoms with Crippen LogP contribution in [0, 0.1) is 11.8 Å². The third-order valence-electron chi connectivity index (χ3n) is 4.55. The number of hydrogen-bond donors (Lipinski definition) is 2. The average Bonchev–Trinajstić information content (AvgIpc) is 2.75. The molecule has 0 bridgehead atoms. The number of aromatic nitrogens is 2. The van der Waals surface area contributed by atoms with E-state index in [1.807, 2.05) is 0 Å². The molecular weight excluding hydrogens is 236 g/mol. The molecular formula is C15H26N4. The Morgan fingerprint density at radius 1 is 1.32 bits per heavy atom. The highest BCUT2D eigenvalue weighted by Crippen LogP contribution is 2.36. The fourth-order valence-corrected chi connectivity index (χ4v) is 3.25. The van der Waals surface area contributed by atoms with Gasteiger partial charge in [-0.05, 0) is 31.1 Å². The molecule has 1 aliphatic carbocycles. The first-order valence-electron chi connectivity index (χ1n) is 7.53. The Balaban J connectivity index is 2.13. The van der Waals surface area contributed by atoms with Crippen molar-refractivity contribution in [1.82, 2.24) is 9.97 Å². The molecule has 3 atom stereocenters. The quantitative estimate of drug-likeness (QED) is 0.855. The molecule has 1 aliphatic rings. The van der Waals surface area contributed by atoms with E-state index in [0.29, 0.717) is 17.8 Å². The Morgan fingerprint density at radius 2 is 2.11 bits per heavy atom. The number of nitrogens with zero attached hydrogens (tertiary/aromatic N) is 2. The second kappa shape index (κ2) is 6.22. The second-order valence-electron chi connectivity index (χ2n) is 5.69. The number of nitrogen functional groups attached to an aromatic ring is 1. The molecule has 0 spiro atoms. The van der Waals surface area contributed by atoms with E-state index >= 15 is 0 Å². The van der Waals surface area contributed by atoms with E-state index in [-0.39, 0.29) is 0 Å². The van der Waals surface area contributed by atoms with Crippen LogP contribution in [0.15, 0.2) is 6.33 Å². The van der Waals surface area contributed by atoms with E-state index in [0.717, 1.165) is 30.1 Å². The molecule has 3 N–H and O–H groups in total. The molecule has 19 heavy (non-hydrogen) atoms. The Kier molecular flexibility index (Phi) is 4.61. The van der Waals surface area contributed by atoms with Crippen LogP contribution in [0.3, 0.4) is 0 Å². The lowest BCUT2D eigenvalue weighted by Crippen LogP contribution is -2.26. The maximum absolute atomic E-state index is 5.98. The highest BCUT2D eigenvalue weighted by atomic mass is 15.1. The highest BCUT2D eigenvalue weighted by Gasteiger charge is 2.32. The lowest BCUT2D eigenvalue weighted by Gasteiger charge is -2.23. The van der Waals surface area contributed by atoms with E-state index in [4.69, 9.17) is 5.73 Å². The molecule has 4 nitrogen and oxygen atoms in total. The van der Waals surface area contributed by atoms with Crippen molar-refractivity contribution in [3.8, 4) is 0 Å². The maximum atomic E-state index is 5.98. The Morgan fingerprint density at radius 3 is 2.74 bits per heavy atom. The van der Waals surface area contributed by atoms with E-state index < -0.39 is 0 Å². The van der Waals surface area contributed by atoms with Crippen LogP contribution in [-0.2, 0) is 6.42 Å². The molecule has 2 rings (SSSR count). The summed E-state index contributed by atoms with van der Waals surface area (Å²) >= 11 is 0. The zero-order valence-electron chi connectivity index (χ0n) is 12.3. The third kappa shape index (κ3) is 2.99. The zero-order valence-corrected chi connectivity index (χ0v) is 12.3. The van der Waals surface area contributed by atoms with Crippen molar-refractivity contribution in [3.63, 3.8) is 0 Å². The van der Waals surface area contributed by atoms with Gasteiger partial charge in [-0.2, -0.15) is 0 Å². The Bertz CT molecular complexity index is 419. The summed E-state index contributed by atoms with van der Waals surface area (Å²) in [6.07, 6.45) is 7.38. The topological polar surface area (TPSA) is 63.8 Å². The van der Waals surface area contributed by atoms with Gasteiger partial charge in [0, 0.05) is 11.6 Å². The van der Waals surface area contributed by atoms with E-state index in [9.17, 15) is 0 Å². The normalized spacial score (nSPS) is 26.6. The van der Waals surface area contributed by atoms with Crippen molar-refractivity contribution >= 4 is 11.6 Å². The summed E-state index contributed by atoms with van der Waals surface area (Å²) in [4.78, 5) is 8.51. The highest BCUT2D eigenvalue weighted by molar-refractivity contribution is 5.55.